The minimum atomic E-state index is 0.719. The molecule has 64 valence electrons. The average Bonchev–Trinajstić information content (AvgIpc) is 1.84. The van der Waals surface area contributed by atoms with Crippen molar-refractivity contribution in [3.8, 4) is 0 Å². The molecule has 0 heterocycles. The summed E-state index contributed by atoms with van der Waals surface area (Å²) in [6, 6.07) is 0. The highest BCUT2D eigenvalue weighted by Gasteiger charge is 2.01. The van der Waals surface area contributed by atoms with E-state index in [4.69, 9.17) is 0 Å². The lowest BCUT2D eigenvalue weighted by Gasteiger charge is -2.10. The fraction of sp³-hybridized carbons (Fsp3) is 0.636. The van der Waals surface area contributed by atoms with Crippen molar-refractivity contribution < 1.29 is 0 Å². The molecule has 0 aromatic heterocycles. The van der Waals surface area contributed by atoms with Crippen molar-refractivity contribution in [2.75, 3.05) is 0 Å². The van der Waals surface area contributed by atoms with Gasteiger partial charge < -0.3 is 0 Å². The van der Waals surface area contributed by atoms with Gasteiger partial charge in [-0.3, -0.25) is 0 Å². The number of allylic oxidation sites excluding steroid dienone is 3. The average molecular weight is 152 g/mol. The van der Waals surface area contributed by atoms with Gasteiger partial charge in [0.05, 0.1) is 0 Å². The molecule has 11 heavy (non-hydrogen) atoms. The molecule has 0 heteroatoms. The Bertz CT molecular complexity index is 166. The van der Waals surface area contributed by atoms with Gasteiger partial charge in [-0.15, -0.1) is 0 Å². The lowest BCUT2D eigenvalue weighted by Crippen LogP contribution is -1.93. The third-order valence-corrected chi connectivity index (χ3v) is 1.93. The van der Waals surface area contributed by atoms with Gasteiger partial charge in [0.2, 0.25) is 0 Å². The van der Waals surface area contributed by atoms with Crippen LogP contribution in [0.2, 0.25) is 0 Å². The van der Waals surface area contributed by atoms with Crippen LogP contribution in [-0.2, 0) is 0 Å². The summed E-state index contributed by atoms with van der Waals surface area (Å²) < 4.78 is 0. The highest BCUT2D eigenvalue weighted by Crippen LogP contribution is 2.19. The monoisotopic (exact) mass is 152 g/mol. The van der Waals surface area contributed by atoms with Crippen LogP contribution in [-0.4, -0.2) is 0 Å². The highest BCUT2D eigenvalue weighted by molar-refractivity contribution is 5.29. The van der Waals surface area contributed by atoms with Gasteiger partial charge in [-0.2, -0.15) is 0 Å². The fourth-order valence-electron chi connectivity index (χ4n) is 0.999. The number of rotatable bonds is 3. The second kappa shape index (κ2) is 4.38. The summed E-state index contributed by atoms with van der Waals surface area (Å²) in [6.45, 7) is 14.9. The zero-order chi connectivity index (χ0) is 9.02. The first kappa shape index (κ1) is 10.5. The summed E-state index contributed by atoms with van der Waals surface area (Å²) in [5.41, 5.74) is 4.05. The predicted molar refractivity (Wildman–Crippen MR) is 52.6 cm³/mol. The molecule has 0 spiro atoms. The molecule has 0 nitrogen and oxygen atoms in total. The quantitative estimate of drug-likeness (QED) is 0.537. The van der Waals surface area contributed by atoms with Crippen molar-refractivity contribution in [3.63, 3.8) is 0 Å². The zero-order valence-corrected chi connectivity index (χ0v) is 8.49. The molecule has 0 fully saturated rings. The van der Waals surface area contributed by atoms with Crippen molar-refractivity contribution in [1.82, 2.24) is 0 Å². The maximum absolute atomic E-state index is 4.06. The third-order valence-electron chi connectivity index (χ3n) is 1.93. The van der Waals surface area contributed by atoms with Crippen LogP contribution >= 0.6 is 0 Å². The first-order valence-corrected chi connectivity index (χ1v) is 4.27. The van der Waals surface area contributed by atoms with E-state index in [2.05, 4.69) is 41.2 Å². The van der Waals surface area contributed by atoms with Crippen LogP contribution < -0.4 is 0 Å². The normalized spacial score (nSPS) is 10.0. The van der Waals surface area contributed by atoms with E-state index in [0.717, 1.165) is 12.3 Å². The van der Waals surface area contributed by atoms with Crippen molar-refractivity contribution in [1.29, 1.82) is 0 Å². The van der Waals surface area contributed by atoms with E-state index >= 15 is 0 Å². The van der Waals surface area contributed by atoms with Crippen LogP contribution in [0.25, 0.3) is 0 Å². The molecule has 0 amide bonds. The second-order valence-corrected chi connectivity index (χ2v) is 3.83. The van der Waals surface area contributed by atoms with Crippen LogP contribution in [0.15, 0.2) is 23.3 Å². The summed E-state index contributed by atoms with van der Waals surface area (Å²) in [5.74, 6) is 0.719. The maximum Gasteiger partial charge on any atom is -0.0259 e. The maximum atomic E-state index is 4.06. The third kappa shape index (κ3) is 4.02. The second-order valence-electron chi connectivity index (χ2n) is 3.83. The van der Waals surface area contributed by atoms with Gasteiger partial charge in [-0.25, -0.2) is 0 Å². The molecule has 0 unspecified atom stereocenters. The van der Waals surface area contributed by atoms with Gasteiger partial charge in [0.15, 0.2) is 0 Å². The molecular formula is C11H20. The number of hydrogen-bond donors (Lipinski definition) is 0. The van der Waals surface area contributed by atoms with Crippen LogP contribution in [0.1, 0.15) is 41.0 Å². The van der Waals surface area contributed by atoms with Crippen molar-refractivity contribution >= 4 is 0 Å². The standard InChI is InChI=1S/C11H20/c1-8(2)7-10(5)11(6)9(3)4/h8H,5,7H2,1-4,6H3. The topological polar surface area (TPSA) is 0 Å². The van der Waals surface area contributed by atoms with Crippen molar-refractivity contribution in [2.45, 2.75) is 41.0 Å². The van der Waals surface area contributed by atoms with E-state index in [1.54, 1.807) is 0 Å². The molecule has 0 N–H and O–H groups in total. The van der Waals surface area contributed by atoms with Crippen molar-refractivity contribution in [3.05, 3.63) is 23.3 Å². The van der Waals surface area contributed by atoms with E-state index in [9.17, 15) is 0 Å². The Balaban J connectivity index is 4.17. The van der Waals surface area contributed by atoms with Gasteiger partial charge in [-0.1, -0.05) is 31.6 Å². The van der Waals surface area contributed by atoms with Crippen LogP contribution in [0.5, 0.6) is 0 Å². The van der Waals surface area contributed by atoms with Gasteiger partial charge in [0, 0.05) is 0 Å². The first-order chi connectivity index (χ1) is 4.95. The van der Waals surface area contributed by atoms with E-state index in [1.807, 2.05) is 0 Å². The summed E-state index contributed by atoms with van der Waals surface area (Å²) >= 11 is 0. The summed E-state index contributed by atoms with van der Waals surface area (Å²) in [4.78, 5) is 0. The molecule has 0 aromatic carbocycles. The van der Waals surface area contributed by atoms with E-state index in [1.165, 1.54) is 16.7 Å². The summed E-state index contributed by atoms with van der Waals surface area (Å²) in [6.07, 6.45) is 1.12. The Kier molecular flexibility index (Phi) is 4.17. The van der Waals surface area contributed by atoms with Crippen molar-refractivity contribution in [2.24, 2.45) is 5.92 Å². The minimum Gasteiger partial charge on any atom is -0.0956 e. The molecule has 0 bridgehead atoms. The fourth-order valence-corrected chi connectivity index (χ4v) is 0.999. The molecule has 0 aromatic rings. The summed E-state index contributed by atoms with van der Waals surface area (Å²) in [5, 5.41) is 0. The molecule has 0 aliphatic heterocycles. The predicted octanol–water partition coefficient (Wildman–Crippen LogP) is 3.95. The van der Waals surface area contributed by atoms with Gasteiger partial charge in [-0.05, 0) is 38.7 Å². The molecule has 0 radical (unpaired) electrons. The molecule has 0 saturated carbocycles. The lowest BCUT2D eigenvalue weighted by molar-refractivity contribution is 0.646. The largest absolute Gasteiger partial charge is 0.0956 e. The Labute approximate surface area is 71.0 Å². The lowest BCUT2D eigenvalue weighted by atomic mass is 9.96. The van der Waals surface area contributed by atoms with Gasteiger partial charge in [0.25, 0.3) is 0 Å². The Morgan fingerprint density at radius 3 is 1.91 bits per heavy atom. The highest BCUT2D eigenvalue weighted by atomic mass is 14.1. The molecule has 0 rings (SSSR count). The Morgan fingerprint density at radius 1 is 1.18 bits per heavy atom. The molecule has 0 atom stereocenters. The molecule has 0 saturated heterocycles. The van der Waals surface area contributed by atoms with E-state index in [-0.39, 0.29) is 0 Å². The van der Waals surface area contributed by atoms with Crippen LogP contribution in [0.4, 0.5) is 0 Å². The molecular weight excluding hydrogens is 132 g/mol. The van der Waals surface area contributed by atoms with Gasteiger partial charge in [0.1, 0.15) is 0 Å². The smallest absolute Gasteiger partial charge is 0.0259 e. The first-order valence-electron chi connectivity index (χ1n) is 4.27. The van der Waals surface area contributed by atoms with E-state index in [0.29, 0.717) is 0 Å². The SMILES string of the molecule is C=C(CC(C)C)C(C)=C(C)C. The minimum absolute atomic E-state index is 0.719. The van der Waals surface area contributed by atoms with Gasteiger partial charge >= 0.3 is 0 Å². The molecule has 0 aliphatic carbocycles. The zero-order valence-electron chi connectivity index (χ0n) is 8.49. The molecule has 0 aliphatic rings. The Hall–Kier alpha value is -0.520. The Morgan fingerprint density at radius 2 is 1.64 bits per heavy atom. The number of hydrogen-bond acceptors (Lipinski definition) is 0. The van der Waals surface area contributed by atoms with Crippen LogP contribution in [0.3, 0.4) is 0 Å². The van der Waals surface area contributed by atoms with Crippen LogP contribution in [0, 0.1) is 5.92 Å². The summed E-state index contributed by atoms with van der Waals surface area (Å²) in [7, 11) is 0. The van der Waals surface area contributed by atoms with E-state index < -0.39 is 0 Å².